The predicted molar refractivity (Wildman–Crippen MR) is 79.8 cm³/mol. The van der Waals surface area contributed by atoms with Crippen molar-refractivity contribution in [3.05, 3.63) is 0 Å². The summed E-state index contributed by atoms with van der Waals surface area (Å²) in [5.41, 5.74) is 0. The van der Waals surface area contributed by atoms with Crippen molar-refractivity contribution in [3.8, 4) is 0 Å². The highest BCUT2D eigenvalue weighted by Crippen LogP contribution is 2.07. The molecule has 0 radical (unpaired) electrons. The highest BCUT2D eigenvalue weighted by Gasteiger charge is 2.12. The number of esters is 2. The van der Waals surface area contributed by atoms with E-state index < -0.39 is 11.9 Å². The van der Waals surface area contributed by atoms with Crippen LogP contribution in [0.3, 0.4) is 0 Å². The van der Waals surface area contributed by atoms with Crippen molar-refractivity contribution >= 4 is 23.5 Å². The molecule has 0 aliphatic heterocycles. The molecule has 0 saturated heterocycles. The van der Waals surface area contributed by atoms with Gasteiger partial charge in [-0.25, -0.2) is 0 Å². The van der Waals surface area contributed by atoms with Gasteiger partial charge in [0.15, 0.2) is 0 Å². The summed E-state index contributed by atoms with van der Waals surface area (Å²) in [6, 6.07) is 0. The highest BCUT2D eigenvalue weighted by molar-refractivity contribution is 6.20. The Kier molecular flexibility index (Phi) is 12.7. The van der Waals surface area contributed by atoms with Gasteiger partial charge in [0, 0.05) is 0 Å². The van der Waals surface area contributed by atoms with Crippen molar-refractivity contribution in [2.24, 2.45) is 0 Å². The molecule has 1 atom stereocenters. The van der Waals surface area contributed by atoms with Crippen molar-refractivity contribution in [2.45, 2.75) is 70.6 Å². The summed E-state index contributed by atoms with van der Waals surface area (Å²) in [7, 11) is 0. The van der Waals surface area contributed by atoms with Gasteiger partial charge in [-0.3, -0.25) is 9.59 Å². The van der Waals surface area contributed by atoms with E-state index in [1.807, 2.05) is 0 Å². The molecule has 0 heterocycles. The van der Waals surface area contributed by atoms with Crippen LogP contribution in [0, 0.1) is 0 Å². The number of halogens is 1. The van der Waals surface area contributed by atoms with Crippen LogP contribution in [0.25, 0.3) is 0 Å². The van der Waals surface area contributed by atoms with Crippen molar-refractivity contribution in [2.75, 3.05) is 13.2 Å². The van der Waals surface area contributed by atoms with E-state index in [0.717, 1.165) is 12.8 Å². The molecule has 0 aromatic carbocycles. The lowest BCUT2D eigenvalue weighted by Gasteiger charge is -2.06. The first-order valence-corrected chi connectivity index (χ1v) is 7.95. The van der Waals surface area contributed by atoms with Crippen LogP contribution in [0.4, 0.5) is 0 Å². The van der Waals surface area contributed by atoms with Crippen LogP contribution in [0.15, 0.2) is 0 Å². The molecular weight excluding hydrogens is 280 g/mol. The second kappa shape index (κ2) is 13.2. The SMILES string of the molecule is CCCCCCCCCOC(=O)CC(=O)OCC(C)Cl. The molecule has 0 rings (SSSR count). The van der Waals surface area contributed by atoms with Gasteiger partial charge in [-0.2, -0.15) is 0 Å². The summed E-state index contributed by atoms with van der Waals surface area (Å²) in [6.45, 7) is 4.41. The molecule has 4 nitrogen and oxygen atoms in total. The number of hydrogen-bond donors (Lipinski definition) is 0. The predicted octanol–water partition coefficient (Wildman–Crippen LogP) is 3.84. The van der Waals surface area contributed by atoms with Gasteiger partial charge in [0.05, 0.1) is 12.0 Å². The summed E-state index contributed by atoms with van der Waals surface area (Å²) in [6.07, 6.45) is 7.81. The van der Waals surface area contributed by atoms with Gasteiger partial charge in [-0.15, -0.1) is 11.6 Å². The summed E-state index contributed by atoms with van der Waals surface area (Å²) in [5.74, 6) is -1.11. The van der Waals surface area contributed by atoms with E-state index in [1.165, 1.54) is 32.1 Å². The Morgan fingerprint density at radius 2 is 1.50 bits per heavy atom. The van der Waals surface area contributed by atoms with Crippen molar-refractivity contribution < 1.29 is 19.1 Å². The lowest BCUT2D eigenvalue weighted by atomic mass is 10.1. The zero-order valence-electron chi connectivity index (χ0n) is 12.7. The molecule has 0 saturated carbocycles. The van der Waals surface area contributed by atoms with Crippen LogP contribution in [0.1, 0.15) is 65.2 Å². The average molecular weight is 307 g/mol. The van der Waals surface area contributed by atoms with Crippen LogP contribution in [0.2, 0.25) is 0 Å². The third-order valence-corrected chi connectivity index (χ3v) is 2.90. The zero-order chi connectivity index (χ0) is 15.2. The molecule has 0 aromatic rings. The van der Waals surface area contributed by atoms with E-state index in [2.05, 4.69) is 6.92 Å². The Morgan fingerprint density at radius 3 is 2.10 bits per heavy atom. The van der Waals surface area contributed by atoms with Crippen molar-refractivity contribution in [1.82, 2.24) is 0 Å². The summed E-state index contributed by atoms with van der Waals surface area (Å²) < 4.78 is 9.76. The van der Waals surface area contributed by atoms with Crippen LogP contribution >= 0.6 is 11.6 Å². The van der Waals surface area contributed by atoms with E-state index >= 15 is 0 Å². The topological polar surface area (TPSA) is 52.6 Å². The quantitative estimate of drug-likeness (QED) is 0.238. The number of carbonyl (C=O) groups is 2. The van der Waals surface area contributed by atoms with Gasteiger partial charge in [-0.05, 0) is 13.3 Å². The minimum atomic E-state index is -0.581. The van der Waals surface area contributed by atoms with Gasteiger partial charge in [0.2, 0.25) is 0 Å². The first-order chi connectivity index (χ1) is 9.56. The van der Waals surface area contributed by atoms with Crippen LogP contribution in [-0.2, 0) is 19.1 Å². The zero-order valence-corrected chi connectivity index (χ0v) is 13.4. The van der Waals surface area contributed by atoms with Crippen LogP contribution in [0.5, 0.6) is 0 Å². The highest BCUT2D eigenvalue weighted by atomic mass is 35.5. The lowest BCUT2D eigenvalue weighted by Crippen LogP contribution is -2.17. The first kappa shape index (κ1) is 19.2. The summed E-state index contributed by atoms with van der Waals surface area (Å²) >= 11 is 5.63. The molecule has 118 valence electrons. The maximum atomic E-state index is 11.3. The minimum absolute atomic E-state index is 0.116. The third kappa shape index (κ3) is 13.7. The Bertz CT molecular complexity index is 267. The Balaban J connectivity index is 3.38. The monoisotopic (exact) mass is 306 g/mol. The fraction of sp³-hybridized carbons (Fsp3) is 0.867. The third-order valence-electron chi connectivity index (χ3n) is 2.77. The molecule has 0 aromatic heterocycles. The Morgan fingerprint density at radius 1 is 0.950 bits per heavy atom. The molecule has 0 aliphatic rings. The average Bonchev–Trinajstić information content (AvgIpc) is 2.39. The molecule has 0 aliphatic carbocycles. The maximum absolute atomic E-state index is 11.3. The number of unbranched alkanes of at least 4 members (excludes halogenated alkanes) is 6. The van der Waals surface area contributed by atoms with E-state index in [1.54, 1.807) is 6.92 Å². The number of hydrogen-bond acceptors (Lipinski definition) is 4. The van der Waals surface area contributed by atoms with Gasteiger partial charge in [0.1, 0.15) is 13.0 Å². The second-order valence-electron chi connectivity index (χ2n) is 4.98. The number of alkyl halides is 1. The Labute approximate surface area is 127 Å². The largest absolute Gasteiger partial charge is 0.465 e. The molecule has 0 bridgehead atoms. The molecule has 0 spiro atoms. The minimum Gasteiger partial charge on any atom is -0.465 e. The number of rotatable bonds is 12. The number of ether oxygens (including phenoxy) is 2. The van der Waals surface area contributed by atoms with Gasteiger partial charge in [-0.1, -0.05) is 45.4 Å². The molecular formula is C15H27ClO4. The summed E-state index contributed by atoms with van der Waals surface area (Å²) in [5, 5.41) is -0.248. The van der Waals surface area contributed by atoms with Gasteiger partial charge >= 0.3 is 11.9 Å². The molecule has 0 N–H and O–H groups in total. The van der Waals surface area contributed by atoms with Crippen LogP contribution < -0.4 is 0 Å². The van der Waals surface area contributed by atoms with E-state index in [0.29, 0.717) is 6.61 Å². The molecule has 5 heteroatoms. The fourth-order valence-electron chi connectivity index (χ4n) is 1.67. The van der Waals surface area contributed by atoms with E-state index in [-0.39, 0.29) is 18.4 Å². The molecule has 20 heavy (non-hydrogen) atoms. The standard InChI is InChI=1S/C15H27ClO4/c1-3-4-5-6-7-8-9-10-19-14(17)11-15(18)20-12-13(2)16/h13H,3-12H2,1-2H3. The van der Waals surface area contributed by atoms with Crippen molar-refractivity contribution in [1.29, 1.82) is 0 Å². The normalized spacial score (nSPS) is 11.9. The molecule has 1 unspecified atom stereocenters. The maximum Gasteiger partial charge on any atom is 0.317 e. The Hall–Kier alpha value is -0.770. The van der Waals surface area contributed by atoms with Crippen LogP contribution in [-0.4, -0.2) is 30.5 Å². The summed E-state index contributed by atoms with van der Waals surface area (Å²) in [4.78, 5) is 22.5. The smallest absolute Gasteiger partial charge is 0.317 e. The van der Waals surface area contributed by atoms with Crippen molar-refractivity contribution in [3.63, 3.8) is 0 Å². The molecule has 0 amide bonds. The van der Waals surface area contributed by atoms with E-state index in [9.17, 15) is 9.59 Å². The molecule has 0 fully saturated rings. The fourth-order valence-corrected chi connectivity index (χ4v) is 1.74. The second-order valence-corrected chi connectivity index (χ2v) is 5.73. The van der Waals surface area contributed by atoms with E-state index in [4.69, 9.17) is 21.1 Å². The number of carbonyl (C=O) groups excluding carboxylic acids is 2. The first-order valence-electron chi connectivity index (χ1n) is 7.51. The van der Waals surface area contributed by atoms with Gasteiger partial charge < -0.3 is 9.47 Å². The lowest BCUT2D eigenvalue weighted by molar-refractivity contribution is -0.154. The van der Waals surface area contributed by atoms with Gasteiger partial charge in [0.25, 0.3) is 0 Å².